The summed E-state index contributed by atoms with van der Waals surface area (Å²) >= 11 is 4.73. The highest BCUT2D eigenvalue weighted by atomic mass is 79.9. The summed E-state index contributed by atoms with van der Waals surface area (Å²) in [5, 5.41) is 10.9. The lowest BCUT2D eigenvalue weighted by molar-refractivity contribution is 0.0696. The van der Waals surface area contributed by atoms with Gasteiger partial charge >= 0.3 is 5.97 Å². The summed E-state index contributed by atoms with van der Waals surface area (Å²) in [5.74, 6) is -1.15. The van der Waals surface area contributed by atoms with Crippen LogP contribution in [0, 0.1) is 6.92 Å². The SMILES string of the molecule is Cc1ccc(S(=O)(=O)NCc2cc(Br)cs2)cc1C(=O)O. The fourth-order valence-electron chi connectivity index (χ4n) is 1.69. The number of carboxylic acids is 1. The second-order valence-electron chi connectivity index (χ2n) is 4.34. The molecule has 0 radical (unpaired) electrons. The highest BCUT2D eigenvalue weighted by molar-refractivity contribution is 9.10. The Bertz CT molecular complexity index is 783. The molecule has 5 nitrogen and oxygen atoms in total. The molecule has 0 bridgehead atoms. The van der Waals surface area contributed by atoms with Crippen molar-refractivity contribution in [2.75, 3.05) is 0 Å². The van der Waals surface area contributed by atoms with E-state index in [-0.39, 0.29) is 17.0 Å². The van der Waals surface area contributed by atoms with E-state index in [1.54, 1.807) is 6.92 Å². The van der Waals surface area contributed by atoms with Gasteiger partial charge in [0.1, 0.15) is 0 Å². The molecule has 0 amide bonds. The van der Waals surface area contributed by atoms with E-state index in [0.29, 0.717) is 5.56 Å². The van der Waals surface area contributed by atoms with Crippen LogP contribution >= 0.6 is 27.3 Å². The maximum Gasteiger partial charge on any atom is 0.335 e. The third kappa shape index (κ3) is 3.91. The number of benzene rings is 1. The van der Waals surface area contributed by atoms with Crippen LogP contribution in [-0.2, 0) is 16.6 Å². The first-order valence-electron chi connectivity index (χ1n) is 5.86. The predicted octanol–water partition coefficient (Wildman–Crippen LogP) is 3.00. The van der Waals surface area contributed by atoms with Crippen LogP contribution in [0.1, 0.15) is 20.8 Å². The van der Waals surface area contributed by atoms with E-state index in [2.05, 4.69) is 20.7 Å². The number of hydrogen-bond acceptors (Lipinski definition) is 4. The molecule has 0 aliphatic heterocycles. The molecule has 2 rings (SSSR count). The molecule has 0 unspecified atom stereocenters. The normalized spacial score (nSPS) is 11.5. The van der Waals surface area contributed by atoms with Crippen molar-refractivity contribution in [3.63, 3.8) is 0 Å². The number of aryl methyl sites for hydroxylation is 1. The predicted molar refractivity (Wildman–Crippen MR) is 84.2 cm³/mol. The second-order valence-corrected chi connectivity index (χ2v) is 8.02. The van der Waals surface area contributed by atoms with Gasteiger partial charge in [0.2, 0.25) is 10.0 Å². The van der Waals surface area contributed by atoms with Crippen LogP contribution in [-0.4, -0.2) is 19.5 Å². The van der Waals surface area contributed by atoms with Crippen molar-refractivity contribution in [3.05, 3.63) is 50.1 Å². The van der Waals surface area contributed by atoms with Gasteiger partial charge in [-0.15, -0.1) is 11.3 Å². The lowest BCUT2D eigenvalue weighted by Crippen LogP contribution is -2.23. The third-order valence-corrected chi connectivity index (χ3v) is 5.90. The monoisotopic (exact) mass is 389 g/mol. The first kappa shape index (κ1) is 16.2. The Labute approximate surface area is 134 Å². The number of hydrogen-bond donors (Lipinski definition) is 2. The number of thiophene rings is 1. The number of aromatic carboxylic acids is 1. The standard InChI is InChI=1S/C13H12BrNO4S2/c1-8-2-3-11(5-12(8)13(16)17)21(18,19)15-6-10-4-9(14)7-20-10/h2-5,7,15H,6H2,1H3,(H,16,17). The molecule has 1 aromatic heterocycles. The zero-order valence-corrected chi connectivity index (χ0v) is 14.2. The molecular formula is C13H12BrNO4S2. The third-order valence-electron chi connectivity index (χ3n) is 2.81. The molecule has 1 heterocycles. The Hall–Kier alpha value is -1.22. The van der Waals surface area contributed by atoms with Gasteiger partial charge in [0.05, 0.1) is 10.5 Å². The topological polar surface area (TPSA) is 83.5 Å². The highest BCUT2D eigenvalue weighted by Gasteiger charge is 2.17. The average Bonchev–Trinajstić information content (AvgIpc) is 2.82. The van der Waals surface area contributed by atoms with E-state index in [4.69, 9.17) is 5.11 Å². The summed E-state index contributed by atoms with van der Waals surface area (Å²) in [5.41, 5.74) is 0.500. The smallest absolute Gasteiger partial charge is 0.335 e. The van der Waals surface area contributed by atoms with Gasteiger partial charge < -0.3 is 5.11 Å². The highest BCUT2D eigenvalue weighted by Crippen LogP contribution is 2.21. The van der Waals surface area contributed by atoms with Crippen LogP contribution in [0.5, 0.6) is 0 Å². The molecule has 0 fully saturated rings. The van der Waals surface area contributed by atoms with Gasteiger partial charge in [0.25, 0.3) is 0 Å². The quantitative estimate of drug-likeness (QED) is 0.822. The zero-order valence-electron chi connectivity index (χ0n) is 11.0. The minimum atomic E-state index is -3.74. The number of carboxylic acid groups (broad SMARTS) is 1. The van der Waals surface area contributed by atoms with Gasteiger partial charge in [-0.3, -0.25) is 0 Å². The fourth-order valence-corrected chi connectivity index (χ4v) is 4.21. The van der Waals surface area contributed by atoms with Crippen LogP contribution < -0.4 is 4.72 Å². The van der Waals surface area contributed by atoms with Gasteiger partial charge in [0.15, 0.2) is 0 Å². The molecule has 0 atom stereocenters. The first-order valence-corrected chi connectivity index (χ1v) is 9.02. The van der Waals surface area contributed by atoms with E-state index in [9.17, 15) is 13.2 Å². The summed E-state index contributed by atoms with van der Waals surface area (Å²) < 4.78 is 27.7. The number of rotatable bonds is 5. The van der Waals surface area contributed by atoms with Crippen LogP contribution in [0.3, 0.4) is 0 Å². The van der Waals surface area contributed by atoms with Gasteiger partial charge in [-0.2, -0.15) is 0 Å². The molecule has 0 spiro atoms. The van der Waals surface area contributed by atoms with Gasteiger partial charge in [0, 0.05) is 21.3 Å². The molecule has 8 heteroatoms. The summed E-state index contributed by atoms with van der Waals surface area (Å²) in [6.45, 7) is 1.78. The zero-order chi connectivity index (χ0) is 15.6. The minimum absolute atomic E-state index is 0.0169. The number of carbonyl (C=O) groups is 1. The van der Waals surface area contributed by atoms with Crippen LogP contribution in [0.25, 0.3) is 0 Å². The van der Waals surface area contributed by atoms with Crippen molar-refractivity contribution in [2.45, 2.75) is 18.4 Å². The molecule has 0 aliphatic carbocycles. The first-order chi connectivity index (χ1) is 9.79. The molecule has 0 aliphatic rings. The minimum Gasteiger partial charge on any atom is -0.478 e. The van der Waals surface area contributed by atoms with Crippen molar-refractivity contribution in [2.24, 2.45) is 0 Å². The van der Waals surface area contributed by atoms with E-state index in [1.807, 2.05) is 11.4 Å². The van der Waals surface area contributed by atoms with E-state index in [1.165, 1.54) is 29.5 Å². The van der Waals surface area contributed by atoms with Crippen molar-refractivity contribution in [1.82, 2.24) is 4.72 Å². The van der Waals surface area contributed by atoms with Crippen LogP contribution in [0.2, 0.25) is 0 Å². The lowest BCUT2D eigenvalue weighted by Gasteiger charge is -2.08. The molecule has 112 valence electrons. The van der Waals surface area contributed by atoms with Gasteiger partial charge in [-0.25, -0.2) is 17.9 Å². The molecule has 2 aromatic rings. The summed E-state index contributed by atoms with van der Waals surface area (Å²) in [6, 6.07) is 5.88. The van der Waals surface area contributed by atoms with Crippen molar-refractivity contribution < 1.29 is 18.3 Å². The van der Waals surface area contributed by atoms with Crippen molar-refractivity contribution in [1.29, 1.82) is 0 Å². The average molecular weight is 390 g/mol. The Balaban J connectivity index is 2.23. The molecule has 2 N–H and O–H groups in total. The van der Waals surface area contributed by atoms with Crippen molar-refractivity contribution in [3.8, 4) is 0 Å². The largest absolute Gasteiger partial charge is 0.478 e. The summed E-state index contributed by atoms with van der Waals surface area (Å²) in [4.78, 5) is 11.9. The molecule has 0 saturated carbocycles. The lowest BCUT2D eigenvalue weighted by atomic mass is 10.1. The fraction of sp³-hybridized carbons (Fsp3) is 0.154. The van der Waals surface area contributed by atoms with E-state index in [0.717, 1.165) is 9.35 Å². The Morgan fingerprint density at radius 2 is 2.10 bits per heavy atom. The van der Waals surface area contributed by atoms with E-state index < -0.39 is 16.0 Å². The molecule has 21 heavy (non-hydrogen) atoms. The van der Waals surface area contributed by atoms with Crippen LogP contribution in [0.15, 0.2) is 39.0 Å². The summed E-state index contributed by atoms with van der Waals surface area (Å²) in [6.07, 6.45) is 0. The molecule has 1 aromatic carbocycles. The Morgan fingerprint density at radius 3 is 2.67 bits per heavy atom. The van der Waals surface area contributed by atoms with Gasteiger partial charge in [-0.1, -0.05) is 6.07 Å². The van der Waals surface area contributed by atoms with Crippen LogP contribution in [0.4, 0.5) is 0 Å². The maximum atomic E-state index is 12.2. The maximum absolute atomic E-state index is 12.2. The number of halogens is 1. The van der Waals surface area contributed by atoms with Crippen molar-refractivity contribution >= 4 is 43.3 Å². The molecular weight excluding hydrogens is 378 g/mol. The second kappa shape index (κ2) is 6.27. The summed E-state index contributed by atoms with van der Waals surface area (Å²) in [7, 11) is -3.74. The Morgan fingerprint density at radius 1 is 1.38 bits per heavy atom. The number of sulfonamides is 1. The van der Waals surface area contributed by atoms with E-state index >= 15 is 0 Å². The van der Waals surface area contributed by atoms with Gasteiger partial charge in [-0.05, 0) is 46.6 Å². The molecule has 0 saturated heterocycles. The number of nitrogens with one attached hydrogen (secondary N) is 1. The Kier molecular flexibility index (Phi) is 4.82.